The molecule has 0 saturated carbocycles. The number of hydrogen-bond acceptors (Lipinski definition) is 5. The van der Waals surface area contributed by atoms with Crippen LogP contribution in [0.1, 0.15) is 26.3 Å². The number of nitrogens with zero attached hydrogens (tertiary/aromatic N) is 1. The summed E-state index contributed by atoms with van der Waals surface area (Å²) in [6.45, 7) is 0. The number of hydrogen-bond donors (Lipinski definition) is 2. The second-order valence-electron chi connectivity index (χ2n) is 7.69. The van der Waals surface area contributed by atoms with E-state index in [4.69, 9.17) is 5.14 Å². The summed E-state index contributed by atoms with van der Waals surface area (Å²) in [6, 6.07) is 23.4. The molecule has 1 aromatic heterocycles. The molecular formula is C26H20BrN3O4S. The van der Waals surface area contributed by atoms with Gasteiger partial charge in [0.15, 0.2) is 5.78 Å². The molecule has 0 radical (unpaired) electrons. The maximum Gasteiger partial charge on any atom is 0.257 e. The first-order valence-corrected chi connectivity index (χ1v) is 12.8. The first-order chi connectivity index (χ1) is 16.7. The van der Waals surface area contributed by atoms with Gasteiger partial charge >= 0.3 is 0 Å². The Hall–Kier alpha value is -3.66. The van der Waals surface area contributed by atoms with Crippen molar-refractivity contribution in [3.63, 3.8) is 0 Å². The Kier molecular flexibility index (Phi) is 7.20. The number of ketones is 1. The van der Waals surface area contributed by atoms with E-state index in [1.54, 1.807) is 85.1 Å². The van der Waals surface area contributed by atoms with Crippen molar-refractivity contribution < 1.29 is 18.0 Å². The molecule has 35 heavy (non-hydrogen) atoms. The van der Waals surface area contributed by atoms with Crippen molar-refractivity contribution in [1.29, 1.82) is 0 Å². The molecule has 9 heteroatoms. The largest absolute Gasteiger partial charge is 0.307 e. The lowest BCUT2D eigenvalue weighted by molar-refractivity contribution is 0.0992. The quantitative estimate of drug-likeness (QED) is 0.320. The van der Waals surface area contributed by atoms with Gasteiger partial charge in [-0.05, 0) is 51.3 Å². The van der Waals surface area contributed by atoms with Gasteiger partial charge in [-0.15, -0.1) is 0 Å². The molecule has 0 bridgehead atoms. The number of carbonyl (C=O) groups is 2. The first-order valence-electron chi connectivity index (χ1n) is 10.5. The number of aromatic nitrogens is 1. The summed E-state index contributed by atoms with van der Waals surface area (Å²) < 4.78 is 24.6. The fraction of sp³-hybridized carbons (Fsp3) is 0.0385. The highest BCUT2D eigenvalue weighted by Gasteiger charge is 2.17. The summed E-state index contributed by atoms with van der Waals surface area (Å²) in [5.74, 6) is -0.147. The van der Waals surface area contributed by atoms with E-state index in [9.17, 15) is 18.0 Å². The van der Waals surface area contributed by atoms with Crippen molar-refractivity contribution in [3.05, 3.63) is 112 Å². The minimum absolute atomic E-state index is 0.0132. The fourth-order valence-corrected chi connectivity index (χ4v) is 4.59. The van der Waals surface area contributed by atoms with E-state index in [1.807, 2.05) is 0 Å². The van der Waals surface area contributed by atoms with Gasteiger partial charge in [0.05, 0.1) is 4.90 Å². The second kappa shape index (κ2) is 10.3. The Morgan fingerprint density at radius 3 is 2.26 bits per heavy atom. The highest BCUT2D eigenvalue weighted by molar-refractivity contribution is 9.10. The number of halogens is 1. The molecule has 0 spiro atoms. The molecule has 0 aliphatic carbocycles. The van der Waals surface area contributed by atoms with E-state index in [0.29, 0.717) is 33.6 Å². The number of carbonyl (C=O) groups excluding carboxylic acids is 2. The van der Waals surface area contributed by atoms with Gasteiger partial charge in [-0.2, -0.15) is 0 Å². The van der Waals surface area contributed by atoms with E-state index in [2.05, 4.69) is 26.2 Å². The number of amides is 1. The van der Waals surface area contributed by atoms with Crippen LogP contribution in [0, 0.1) is 0 Å². The van der Waals surface area contributed by atoms with Gasteiger partial charge in [-0.3, -0.25) is 9.59 Å². The monoisotopic (exact) mass is 549 g/mol. The molecule has 0 fully saturated rings. The minimum atomic E-state index is -3.90. The number of rotatable bonds is 7. The zero-order chi connectivity index (χ0) is 25.0. The minimum Gasteiger partial charge on any atom is -0.307 e. The van der Waals surface area contributed by atoms with Crippen molar-refractivity contribution in [1.82, 2.24) is 4.98 Å². The van der Waals surface area contributed by atoms with Gasteiger partial charge in [0.1, 0.15) is 5.82 Å². The van der Waals surface area contributed by atoms with Crippen LogP contribution in [0.3, 0.4) is 0 Å². The molecule has 0 unspecified atom stereocenters. The lowest BCUT2D eigenvalue weighted by Crippen LogP contribution is -2.16. The smallest absolute Gasteiger partial charge is 0.257 e. The first kappa shape index (κ1) is 24.5. The van der Waals surface area contributed by atoms with Crippen LogP contribution in [0.15, 0.2) is 100 Å². The molecular weight excluding hydrogens is 530 g/mol. The van der Waals surface area contributed by atoms with Crippen LogP contribution in [0.2, 0.25) is 0 Å². The molecule has 3 N–H and O–H groups in total. The zero-order valence-electron chi connectivity index (χ0n) is 18.3. The topological polar surface area (TPSA) is 119 Å². The Balaban J connectivity index is 1.53. The number of pyridine rings is 1. The predicted octanol–water partition coefficient (Wildman–Crippen LogP) is 4.84. The molecule has 4 aromatic rings. The van der Waals surface area contributed by atoms with Gasteiger partial charge in [0, 0.05) is 33.8 Å². The Labute approximate surface area is 211 Å². The van der Waals surface area contributed by atoms with Crippen molar-refractivity contribution in [3.8, 4) is 11.1 Å². The van der Waals surface area contributed by atoms with Gasteiger partial charge in [0.25, 0.3) is 5.91 Å². The Morgan fingerprint density at radius 2 is 1.57 bits per heavy atom. The molecule has 0 saturated heterocycles. The van der Waals surface area contributed by atoms with Crippen LogP contribution in [-0.2, 0) is 16.4 Å². The molecule has 3 aromatic carbocycles. The number of benzene rings is 3. The third-order valence-corrected chi connectivity index (χ3v) is 6.73. The van der Waals surface area contributed by atoms with Crippen LogP contribution in [0.4, 0.5) is 5.82 Å². The second-order valence-corrected chi connectivity index (χ2v) is 10.1. The van der Waals surface area contributed by atoms with Crippen LogP contribution in [0.25, 0.3) is 11.1 Å². The SMILES string of the molecule is NS(=O)(=O)c1ccccc1-c1ccc(C(=O)Cc2ccccc2C(=O)Nc2ccc(Br)cn2)cc1. The van der Waals surface area contributed by atoms with Crippen LogP contribution >= 0.6 is 15.9 Å². The molecule has 4 rings (SSSR count). The summed E-state index contributed by atoms with van der Waals surface area (Å²) in [4.78, 5) is 30.0. The summed E-state index contributed by atoms with van der Waals surface area (Å²) in [5, 5.41) is 8.07. The van der Waals surface area contributed by atoms with E-state index in [0.717, 1.165) is 4.47 Å². The van der Waals surface area contributed by atoms with Gasteiger partial charge < -0.3 is 5.32 Å². The van der Waals surface area contributed by atoms with E-state index < -0.39 is 10.0 Å². The van der Waals surface area contributed by atoms with Gasteiger partial charge in [-0.1, -0.05) is 60.7 Å². The summed E-state index contributed by atoms with van der Waals surface area (Å²) in [7, 11) is -3.90. The zero-order valence-corrected chi connectivity index (χ0v) is 20.7. The molecule has 0 aliphatic heterocycles. The number of nitrogens with one attached hydrogen (secondary N) is 1. The number of primary sulfonamides is 1. The summed E-state index contributed by atoms with van der Waals surface area (Å²) >= 11 is 3.30. The lowest BCUT2D eigenvalue weighted by atomic mass is 9.96. The lowest BCUT2D eigenvalue weighted by Gasteiger charge is -2.11. The molecule has 1 heterocycles. The predicted molar refractivity (Wildman–Crippen MR) is 138 cm³/mol. The van der Waals surface area contributed by atoms with Crippen molar-refractivity contribution >= 4 is 43.5 Å². The van der Waals surface area contributed by atoms with Gasteiger partial charge in [-0.25, -0.2) is 18.5 Å². The van der Waals surface area contributed by atoms with Crippen molar-refractivity contribution in [2.75, 3.05) is 5.32 Å². The number of Topliss-reactive ketones (excluding diaryl/α,β-unsaturated/α-hetero) is 1. The normalized spacial score (nSPS) is 11.1. The highest BCUT2D eigenvalue weighted by Crippen LogP contribution is 2.27. The molecule has 1 amide bonds. The highest BCUT2D eigenvalue weighted by atomic mass is 79.9. The van der Waals surface area contributed by atoms with Crippen molar-refractivity contribution in [2.45, 2.75) is 11.3 Å². The number of anilines is 1. The number of nitrogens with two attached hydrogens (primary N) is 1. The van der Waals surface area contributed by atoms with Crippen LogP contribution < -0.4 is 10.5 Å². The van der Waals surface area contributed by atoms with E-state index in [-0.39, 0.29) is 23.0 Å². The standard InChI is InChI=1S/C26H20BrN3O4S/c27-20-13-14-25(29-16-20)30-26(32)22-7-2-1-5-19(22)15-23(31)18-11-9-17(10-12-18)21-6-3-4-8-24(21)35(28,33)34/h1-14,16H,15H2,(H2,28,33,34)(H,29,30,32). The molecule has 7 nitrogen and oxygen atoms in total. The fourth-order valence-electron chi connectivity index (χ4n) is 3.59. The average Bonchev–Trinajstić information content (AvgIpc) is 2.85. The summed E-state index contributed by atoms with van der Waals surface area (Å²) in [6.07, 6.45) is 1.60. The van der Waals surface area contributed by atoms with Crippen LogP contribution in [0.5, 0.6) is 0 Å². The maximum absolute atomic E-state index is 13.0. The van der Waals surface area contributed by atoms with E-state index >= 15 is 0 Å². The Morgan fingerprint density at radius 1 is 0.886 bits per heavy atom. The maximum atomic E-state index is 13.0. The Bertz CT molecular complexity index is 1500. The summed E-state index contributed by atoms with van der Waals surface area (Å²) in [5.41, 5.74) is 2.47. The average molecular weight is 550 g/mol. The van der Waals surface area contributed by atoms with Gasteiger partial charge in [0.2, 0.25) is 10.0 Å². The van der Waals surface area contributed by atoms with Crippen molar-refractivity contribution in [2.24, 2.45) is 5.14 Å². The molecule has 176 valence electrons. The van der Waals surface area contributed by atoms with E-state index in [1.165, 1.54) is 6.07 Å². The third-order valence-electron chi connectivity index (χ3n) is 5.29. The third kappa shape index (κ3) is 5.89. The molecule has 0 aliphatic rings. The van der Waals surface area contributed by atoms with Crippen LogP contribution in [-0.4, -0.2) is 25.1 Å². The molecule has 0 atom stereocenters. The number of sulfonamides is 1.